The summed E-state index contributed by atoms with van der Waals surface area (Å²) >= 11 is 3.36. The van der Waals surface area contributed by atoms with Crippen molar-refractivity contribution in [3.63, 3.8) is 0 Å². The van der Waals surface area contributed by atoms with Gasteiger partial charge in [-0.15, -0.1) is 0 Å². The van der Waals surface area contributed by atoms with Crippen LogP contribution in [0.2, 0.25) is 0 Å². The number of nitrogens with two attached hydrogens (primary N) is 1. The predicted molar refractivity (Wildman–Crippen MR) is 72.7 cm³/mol. The van der Waals surface area contributed by atoms with Crippen molar-refractivity contribution in [3.8, 4) is 5.75 Å². The molecular formula is C14H12BrF2NO. The van der Waals surface area contributed by atoms with Gasteiger partial charge in [0.05, 0.1) is 4.47 Å². The molecule has 0 heterocycles. The Bertz CT molecular complexity index is 569. The first-order valence-electron chi connectivity index (χ1n) is 5.65. The van der Waals surface area contributed by atoms with E-state index < -0.39 is 11.6 Å². The third-order valence-electron chi connectivity index (χ3n) is 2.57. The lowest BCUT2D eigenvalue weighted by Crippen LogP contribution is -2.04. The second-order valence-electron chi connectivity index (χ2n) is 4.00. The van der Waals surface area contributed by atoms with Crippen LogP contribution >= 0.6 is 15.9 Å². The number of halogens is 3. The van der Waals surface area contributed by atoms with Crippen molar-refractivity contribution in [2.45, 2.75) is 13.2 Å². The highest BCUT2D eigenvalue weighted by Gasteiger charge is 2.08. The Morgan fingerprint density at radius 2 is 1.79 bits per heavy atom. The summed E-state index contributed by atoms with van der Waals surface area (Å²) in [5.74, 6) is -0.649. The van der Waals surface area contributed by atoms with Crippen LogP contribution in [0.5, 0.6) is 5.75 Å². The molecule has 0 bridgehead atoms. The van der Waals surface area contributed by atoms with Crippen LogP contribution in [0.4, 0.5) is 8.78 Å². The summed E-state index contributed by atoms with van der Waals surface area (Å²) in [5.41, 5.74) is 6.87. The zero-order valence-corrected chi connectivity index (χ0v) is 11.6. The average Bonchev–Trinajstić information content (AvgIpc) is 2.36. The van der Waals surface area contributed by atoms with Crippen LogP contribution in [0.3, 0.4) is 0 Å². The van der Waals surface area contributed by atoms with Gasteiger partial charge >= 0.3 is 0 Å². The molecule has 0 unspecified atom stereocenters. The fourth-order valence-electron chi connectivity index (χ4n) is 1.73. The Kier molecular flexibility index (Phi) is 4.50. The maximum Gasteiger partial charge on any atom is 0.138 e. The summed E-state index contributed by atoms with van der Waals surface area (Å²) < 4.78 is 32.5. The number of hydrogen-bond acceptors (Lipinski definition) is 2. The third kappa shape index (κ3) is 3.52. The van der Waals surface area contributed by atoms with Crippen molar-refractivity contribution in [3.05, 3.63) is 63.6 Å². The largest absolute Gasteiger partial charge is 0.487 e. The van der Waals surface area contributed by atoms with E-state index in [1.165, 1.54) is 12.1 Å². The molecule has 0 atom stereocenters. The van der Waals surface area contributed by atoms with E-state index in [2.05, 4.69) is 15.9 Å². The average molecular weight is 328 g/mol. The smallest absolute Gasteiger partial charge is 0.138 e. The van der Waals surface area contributed by atoms with Gasteiger partial charge < -0.3 is 10.5 Å². The van der Waals surface area contributed by atoms with Crippen molar-refractivity contribution >= 4 is 15.9 Å². The summed E-state index contributed by atoms with van der Waals surface area (Å²) in [5, 5.41) is 0. The summed E-state index contributed by atoms with van der Waals surface area (Å²) in [6, 6.07) is 8.81. The molecule has 5 heteroatoms. The van der Waals surface area contributed by atoms with Gasteiger partial charge in [-0.3, -0.25) is 0 Å². The lowest BCUT2D eigenvalue weighted by Gasteiger charge is -2.12. The van der Waals surface area contributed by atoms with Crippen LogP contribution in [-0.2, 0) is 13.2 Å². The van der Waals surface area contributed by atoms with E-state index in [9.17, 15) is 8.78 Å². The van der Waals surface area contributed by atoms with E-state index >= 15 is 0 Å². The first kappa shape index (κ1) is 14.0. The molecule has 2 rings (SSSR count). The topological polar surface area (TPSA) is 35.2 Å². The lowest BCUT2D eigenvalue weighted by molar-refractivity contribution is 0.299. The Morgan fingerprint density at radius 3 is 2.42 bits per heavy atom. The third-order valence-corrected chi connectivity index (χ3v) is 3.20. The second-order valence-corrected chi connectivity index (χ2v) is 4.85. The lowest BCUT2D eigenvalue weighted by atomic mass is 10.2. The maximum atomic E-state index is 13.1. The van der Waals surface area contributed by atoms with Gasteiger partial charge in [0.15, 0.2) is 0 Å². The van der Waals surface area contributed by atoms with Crippen LogP contribution in [-0.4, -0.2) is 0 Å². The van der Waals surface area contributed by atoms with E-state index in [4.69, 9.17) is 10.5 Å². The van der Waals surface area contributed by atoms with Crippen LogP contribution in [0.25, 0.3) is 0 Å². The Labute approximate surface area is 118 Å². The fraction of sp³-hybridized carbons (Fsp3) is 0.143. The van der Waals surface area contributed by atoms with Crippen LogP contribution in [0.15, 0.2) is 40.9 Å². The molecule has 0 spiro atoms. The molecule has 2 aromatic rings. The number of rotatable bonds is 4. The highest BCUT2D eigenvalue weighted by molar-refractivity contribution is 9.10. The second kappa shape index (κ2) is 6.12. The van der Waals surface area contributed by atoms with E-state index in [0.717, 1.165) is 16.1 Å². The summed E-state index contributed by atoms with van der Waals surface area (Å²) in [6.07, 6.45) is 0. The molecule has 2 N–H and O–H groups in total. The molecule has 0 saturated heterocycles. The van der Waals surface area contributed by atoms with Gasteiger partial charge in [-0.1, -0.05) is 12.1 Å². The SMILES string of the molecule is NCc1cccc(Br)c1OCc1cc(F)cc(F)c1. The van der Waals surface area contributed by atoms with E-state index in [0.29, 0.717) is 17.9 Å². The van der Waals surface area contributed by atoms with Crippen LogP contribution in [0, 0.1) is 11.6 Å². The summed E-state index contributed by atoms with van der Waals surface area (Å²) in [6.45, 7) is 0.399. The normalized spacial score (nSPS) is 10.5. The highest BCUT2D eigenvalue weighted by atomic mass is 79.9. The molecule has 0 aliphatic heterocycles. The molecule has 0 saturated carbocycles. The minimum Gasteiger partial charge on any atom is -0.487 e. The molecule has 0 amide bonds. The molecule has 0 radical (unpaired) electrons. The Morgan fingerprint density at radius 1 is 1.11 bits per heavy atom. The van der Waals surface area contributed by atoms with Crippen molar-refractivity contribution in [2.24, 2.45) is 5.73 Å². The zero-order valence-electron chi connectivity index (χ0n) is 10.00. The zero-order chi connectivity index (χ0) is 13.8. The van der Waals surface area contributed by atoms with Gasteiger partial charge in [-0.05, 0) is 39.7 Å². The van der Waals surface area contributed by atoms with Crippen molar-refractivity contribution in [2.75, 3.05) is 0 Å². The van der Waals surface area contributed by atoms with Crippen molar-refractivity contribution in [1.82, 2.24) is 0 Å². The minimum atomic E-state index is -0.621. The van der Waals surface area contributed by atoms with E-state index in [1.54, 1.807) is 0 Å². The van der Waals surface area contributed by atoms with Crippen molar-refractivity contribution in [1.29, 1.82) is 0 Å². The van der Waals surface area contributed by atoms with Crippen molar-refractivity contribution < 1.29 is 13.5 Å². The molecule has 0 aliphatic carbocycles. The van der Waals surface area contributed by atoms with E-state index in [-0.39, 0.29) is 6.61 Å². The van der Waals surface area contributed by atoms with Crippen LogP contribution < -0.4 is 10.5 Å². The summed E-state index contributed by atoms with van der Waals surface area (Å²) in [7, 11) is 0. The molecule has 2 aromatic carbocycles. The van der Waals surface area contributed by atoms with Gasteiger partial charge in [0.25, 0.3) is 0 Å². The predicted octanol–water partition coefficient (Wildman–Crippen LogP) is 3.77. The van der Waals surface area contributed by atoms with Gasteiger partial charge in [-0.25, -0.2) is 8.78 Å². The highest BCUT2D eigenvalue weighted by Crippen LogP contribution is 2.29. The summed E-state index contributed by atoms with van der Waals surface area (Å²) in [4.78, 5) is 0. The fourth-order valence-corrected chi connectivity index (χ4v) is 2.25. The molecule has 100 valence electrons. The van der Waals surface area contributed by atoms with Gasteiger partial charge in [-0.2, -0.15) is 0 Å². The van der Waals surface area contributed by atoms with Crippen LogP contribution in [0.1, 0.15) is 11.1 Å². The Balaban J connectivity index is 2.18. The molecule has 0 aromatic heterocycles. The minimum absolute atomic E-state index is 0.0737. The molecule has 19 heavy (non-hydrogen) atoms. The number of ether oxygens (including phenoxy) is 1. The first-order chi connectivity index (χ1) is 9.10. The molecule has 2 nitrogen and oxygen atoms in total. The first-order valence-corrected chi connectivity index (χ1v) is 6.44. The number of para-hydroxylation sites is 1. The van der Waals surface area contributed by atoms with Gasteiger partial charge in [0.2, 0.25) is 0 Å². The number of hydrogen-bond donors (Lipinski definition) is 1. The monoisotopic (exact) mass is 327 g/mol. The quantitative estimate of drug-likeness (QED) is 0.927. The molecular weight excluding hydrogens is 316 g/mol. The number of benzene rings is 2. The molecule has 0 aliphatic rings. The standard InChI is InChI=1S/C14H12BrF2NO/c15-13-3-1-2-10(7-18)14(13)19-8-9-4-11(16)6-12(17)5-9/h1-6H,7-8,18H2. The maximum absolute atomic E-state index is 13.1. The van der Waals surface area contributed by atoms with E-state index in [1.807, 2.05) is 18.2 Å². The van der Waals surface area contributed by atoms with Gasteiger partial charge in [0, 0.05) is 18.2 Å². The van der Waals surface area contributed by atoms with Gasteiger partial charge in [0.1, 0.15) is 24.0 Å². The Hall–Kier alpha value is -1.46. The molecule has 0 fully saturated rings.